The van der Waals surface area contributed by atoms with E-state index < -0.39 is 0 Å². The van der Waals surface area contributed by atoms with E-state index in [0.29, 0.717) is 0 Å². The monoisotopic (exact) mass is 352 g/mol. The summed E-state index contributed by atoms with van der Waals surface area (Å²) in [7, 11) is 6.07. The number of ether oxygens (including phenoxy) is 1. The Kier molecular flexibility index (Phi) is 7.75. The predicted octanol–water partition coefficient (Wildman–Crippen LogP) is -1.20. The Morgan fingerprint density at radius 2 is 1.92 bits per heavy atom. The highest BCUT2D eigenvalue weighted by Crippen LogP contribution is 2.10. The van der Waals surface area contributed by atoms with Crippen LogP contribution in [0.4, 0.5) is 0 Å². The Morgan fingerprint density at radius 1 is 1.25 bits per heavy atom. The van der Waals surface area contributed by atoms with E-state index >= 15 is 0 Å². The van der Waals surface area contributed by atoms with E-state index in [0.717, 1.165) is 56.6 Å². The van der Waals surface area contributed by atoms with Gasteiger partial charge in [-0.1, -0.05) is 0 Å². The molecule has 5 nitrogen and oxygen atoms in total. The molecule has 1 heterocycles. The fourth-order valence-electron chi connectivity index (χ4n) is 2.98. The van der Waals surface area contributed by atoms with Gasteiger partial charge in [0.1, 0.15) is 12.3 Å². The number of hydrogen-bond donors (Lipinski definition) is 3. The van der Waals surface area contributed by atoms with Crippen LogP contribution >= 0.6 is 12.2 Å². The summed E-state index contributed by atoms with van der Waals surface area (Å²) in [6.07, 6.45) is 1.16. The molecular weight excluding hydrogens is 320 g/mol. The van der Waals surface area contributed by atoms with Crippen LogP contribution in [-0.2, 0) is 6.54 Å². The summed E-state index contributed by atoms with van der Waals surface area (Å²) in [5.41, 5.74) is 1.37. The summed E-state index contributed by atoms with van der Waals surface area (Å²) in [5.74, 6) is 0.922. The average Bonchev–Trinajstić information content (AvgIpc) is 2.59. The van der Waals surface area contributed by atoms with Crippen molar-refractivity contribution in [3.63, 3.8) is 0 Å². The van der Waals surface area contributed by atoms with Crippen molar-refractivity contribution < 1.29 is 14.5 Å². The molecule has 1 aromatic carbocycles. The smallest absolute Gasteiger partial charge is 0.169 e. The van der Waals surface area contributed by atoms with Crippen molar-refractivity contribution in [3.05, 3.63) is 29.8 Å². The average molecular weight is 353 g/mol. The predicted molar refractivity (Wildman–Crippen MR) is 102 cm³/mol. The molecule has 0 radical (unpaired) electrons. The van der Waals surface area contributed by atoms with Crippen molar-refractivity contribution in [2.45, 2.75) is 13.0 Å². The number of nitrogens with zero attached hydrogens (tertiary/aromatic N) is 1. The van der Waals surface area contributed by atoms with E-state index in [1.165, 1.54) is 17.0 Å². The van der Waals surface area contributed by atoms with Gasteiger partial charge >= 0.3 is 0 Å². The second-order valence-corrected chi connectivity index (χ2v) is 7.19. The molecule has 6 heteroatoms. The number of benzene rings is 1. The molecule has 3 N–H and O–H groups in total. The first-order valence-corrected chi connectivity index (χ1v) is 9.27. The van der Waals surface area contributed by atoms with Gasteiger partial charge in [0, 0.05) is 18.5 Å². The van der Waals surface area contributed by atoms with E-state index in [1.54, 1.807) is 12.0 Å². The molecule has 2 rings (SSSR count). The highest BCUT2D eigenvalue weighted by molar-refractivity contribution is 7.80. The third-order valence-electron chi connectivity index (χ3n) is 4.50. The molecule has 0 unspecified atom stereocenters. The highest BCUT2D eigenvalue weighted by atomic mass is 32.1. The fourth-order valence-corrected chi connectivity index (χ4v) is 3.27. The molecule has 0 aliphatic carbocycles. The zero-order chi connectivity index (χ0) is 17.4. The lowest BCUT2D eigenvalue weighted by molar-refractivity contribution is -0.917. The summed E-state index contributed by atoms with van der Waals surface area (Å²) in [5, 5.41) is 4.33. The lowest BCUT2D eigenvalue weighted by Crippen LogP contribution is -3.13. The molecule has 1 aliphatic heterocycles. The molecule has 1 fully saturated rings. The number of hydrogen-bond acceptors (Lipinski definition) is 2. The molecule has 0 atom stereocenters. The molecule has 0 saturated carbocycles. The second kappa shape index (κ2) is 9.81. The Labute approximate surface area is 151 Å². The lowest BCUT2D eigenvalue weighted by Gasteiger charge is -2.34. The van der Waals surface area contributed by atoms with Gasteiger partial charge < -0.3 is 24.8 Å². The van der Waals surface area contributed by atoms with E-state index in [4.69, 9.17) is 17.0 Å². The number of methoxy groups -OCH3 is 1. The summed E-state index contributed by atoms with van der Waals surface area (Å²) in [6.45, 7) is 7.57. The van der Waals surface area contributed by atoms with Gasteiger partial charge in [-0.15, -0.1) is 0 Å². The number of thiocarbonyl (C=S) groups is 1. The molecule has 0 spiro atoms. The van der Waals surface area contributed by atoms with Crippen LogP contribution in [0.2, 0.25) is 0 Å². The van der Waals surface area contributed by atoms with Gasteiger partial charge in [0.2, 0.25) is 0 Å². The zero-order valence-electron chi connectivity index (χ0n) is 15.2. The third kappa shape index (κ3) is 6.26. The van der Waals surface area contributed by atoms with Crippen molar-refractivity contribution in [1.29, 1.82) is 0 Å². The van der Waals surface area contributed by atoms with Gasteiger partial charge in [0.15, 0.2) is 5.11 Å². The quantitative estimate of drug-likeness (QED) is 0.426. The fraction of sp³-hybridized carbons (Fsp3) is 0.611. The number of piperazine rings is 1. The summed E-state index contributed by atoms with van der Waals surface area (Å²) < 4.78 is 5.22. The Hall–Kier alpha value is -1.37. The van der Waals surface area contributed by atoms with E-state index in [-0.39, 0.29) is 0 Å². The van der Waals surface area contributed by atoms with Crippen molar-refractivity contribution in [1.82, 2.24) is 10.2 Å². The van der Waals surface area contributed by atoms with Crippen molar-refractivity contribution in [2.24, 2.45) is 0 Å². The van der Waals surface area contributed by atoms with Crippen LogP contribution in [-0.4, -0.2) is 70.5 Å². The van der Waals surface area contributed by atoms with Gasteiger partial charge in [-0.05, 0) is 36.5 Å². The summed E-state index contributed by atoms with van der Waals surface area (Å²) >= 11 is 5.53. The molecule has 1 saturated heterocycles. The molecule has 24 heavy (non-hydrogen) atoms. The number of nitrogens with one attached hydrogen (secondary N) is 3. The van der Waals surface area contributed by atoms with Crippen LogP contribution in [0, 0.1) is 0 Å². The molecule has 0 amide bonds. The molecule has 0 aromatic heterocycles. The van der Waals surface area contributed by atoms with Gasteiger partial charge in [0.05, 0.1) is 53.9 Å². The first-order valence-electron chi connectivity index (χ1n) is 8.87. The Bertz CT molecular complexity index is 498. The third-order valence-corrected chi connectivity index (χ3v) is 4.90. The van der Waals surface area contributed by atoms with E-state index in [1.807, 2.05) is 12.1 Å². The van der Waals surface area contributed by atoms with Gasteiger partial charge in [-0.2, -0.15) is 0 Å². The second-order valence-electron chi connectivity index (χ2n) is 6.80. The lowest BCUT2D eigenvalue weighted by atomic mass is 10.2. The molecular formula is C18H32N4OS+2. The van der Waals surface area contributed by atoms with Crippen LogP contribution in [0.25, 0.3) is 0 Å². The minimum atomic E-state index is 0.922. The minimum Gasteiger partial charge on any atom is -0.497 e. The van der Waals surface area contributed by atoms with Crippen LogP contribution < -0.4 is 19.9 Å². The van der Waals surface area contributed by atoms with Crippen molar-refractivity contribution >= 4 is 17.3 Å². The van der Waals surface area contributed by atoms with Crippen molar-refractivity contribution in [3.8, 4) is 5.75 Å². The van der Waals surface area contributed by atoms with Gasteiger partial charge in [0.25, 0.3) is 0 Å². The normalized spacial score (nSPS) is 15.6. The van der Waals surface area contributed by atoms with E-state index in [9.17, 15) is 0 Å². The Balaban J connectivity index is 1.67. The number of rotatable bonds is 7. The van der Waals surface area contributed by atoms with Gasteiger partial charge in [-0.3, -0.25) is 0 Å². The van der Waals surface area contributed by atoms with Crippen LogP contribution in [0.3, 0.4) is 0 Å². The van der Waals surface area contributed by atoms with Crippen LogP contribution in [0.15, 0.2) is 24.3 Å². The molecule has 134 valence electrons. The molecule has 0 bridgehead atoms. The maximum absolute atomic E-state index is 5.53. The molecule has 1 aromatic rings. The molecule has 1 aliphatic rings. The first kappa shape index (κ1) is 19.0. The first-order chi connectivity index (χ1) is 11.6. The summed E-state index contributed by atoms with van der Waals surface area (Å²) in [4.78, 5) is 5.42. The Morgan fingerprint density at radius 3 is 2.50 bits per heavy atom. The zero-order valence-corrected chi connectivity index (χ0v) is 16.0. The highest BCUT2D eigenvalue weighted by Gasteiger charge is 2.21. The number of quaternary nitrogens is 2. The topological polar surface area (TPSA) is 33.4 Å². The maximum Gasteiger partial charge on any atom is 0.169 e. The van der Waals surface area contributed by atoms with Crippen LogP contribution in [0.5, 0.6) is 5.75 Å². The van der Waals surface area contributed by atoms with E-state index in [2.05, 4.69) is 36.4 Å². The largest absolute Gasteiger partial charge is 0.497 e. The van der Waals surface area contributed by atoms with Crippen molar-refractivity contribution in [2.75, 3.05) is 60.5 Å². The maximum atomic E-state index is 5.53. The summed E-state index contributed by atoms with van der Waals surface area (Å²) in [6, 6.07) is 8.41. The standard InChI is InChI=1S/C18H30N4OS/c1-20(2)10-4-9-19-18(24)22-13-11-21(12-14-22)15-16-5-7-17(23-3)8-6-16/h5-8H,4,9-15H2,1-3H3,(H,19,24)/p+2. The minimum absolute atomic E-state index is 0.922. The van der Waals surface area contributed by atoms with Crippen LogP contribution in [0.1, 0.15) is 12.0 Å². The SMILES string of the molecule is COc1ccc(C[NH+]2CCN(C(=S)NCCC[NH+](C)C)CC2)cc1. The van der Waals surface area contributed by atoms with Gasteiger partial charge in [-0.25, -0.2) is 0 Å².